The maximum atomic E-state index is 13.4. The summed E-state index contributed by atoms with van der Waals surface area (Å²) < 4.78 is 18.4. The standard InChI is InChI=1S/C19H17ClFNO3/c1-13(19(24)22-12-15-7-2-4-8-16(15)20)25-18(23)11-10-14-6-3-5-9-17(14)21/h2-11,13H,12H2,1H3,(H,22,24)/b11-10+. The van der Waals surface area contributed by atoms with E-state index in [1.54, 1.807) is 30.3 Å². The van der Waals surface area contributed by atoms with E-state index in [4.69, 9.17) is 16.3 Å². The Kier molecular flexibility index (Phi) is 6.71. The third-order valence-corrected chi connectivity index (χ3v) is 3.75. The highest BCUT2D eigenvalue weighted by atomic mass is 35.5. The fraction of sp³-hybridized carbons (Fsp3) is 0.158. The molecule has 0 radical (unpaired) electrons. The molecule has 0 aromatic heterocycles. The minimum atomic E-state index is -0.986. The summed E-state index contributed by atoms with van der Waals surface area (Å²) in [5.41, 5.74) is 1.02. The lowest BCUT2D eigenvalue weighted by molar-refractivity contribution is -0.150. The van der Waals surface area contributed by atoms with E-state index in [2.05, 4.69) is 5.32 Å². The van der Waals surface area contributed by atoms with Crippen LogP contribution in [-0.4, -0.2) is 18.0 Å². The van der Waals surface area contributed by atoms with E-state index < -0.39 is 23.8 Å². The van der Waals surface area contributed by atoms with Crippen molar-refractivity contribution in [3.8, 4) is 0 Å². The number of nitrogens with one attached hydrogen (secondary N) is 1. The molecule has 0 saturated heterocycles. The van der Waals surface area contributed by atoms with Crippen LogP contribution in [0.1, 0.15) is 18.1 Å². The van der Waals surface area contributed by atoms with Crippen LogP contribution in [0.5, 0.6) is 0 Å². The highest BCUT2D eigenvalue weighted by Gasteiger charge is 2.16. The number of amides is 1. The average Bonchev–Trinajstić information content (AvgIpc) is 2.60. The van der Waals surface area contributed by atoms with E-state index in [1.807, 2.05) is 6.07 Å². The predicted octanol–water partition coefficient (Wildman–Crippen LogP) is 3.74. The molecule has 130 valence electrons. The molecule has 1 unspecified atom stereocenters. The predicted molar refractivity (Wildman–Crippen MR) is 94.3 cm³/mol. The number of hydrogen-bond donors (Lipinski definition) is 1. The first-order chi connectivity index (χ1) is 12.0. The zero-order valence-electron chi connectivity index (χ0n) is 13.5. The van der Waals surface area contributed by atoms with Crippen LogP contribution >= 0.6 is 11.6 Å². The van der Waals surface area contributed by atoms with Crippen molar-refractivity contribution < 1.29 is 18.7 Å². The Morgan fingerprint density at radius 2 is 1.88 bits per heavy atom. The summed E-state index contributed by atoms with van der Waals surface area (Å²) in [6, 6.07) is 13.1. The minimum Gasteiger partial charge on any atom is -0.449 e. The third kappa shape index (κ3) is 5.72. The summed E-state index contributed by atoms with van der Waals surface area (Å²) in [4.78, 5) is 23.7. The highest BCUT2D eigenvalue weighted by molar-refractivity contribution is 6.31. The second kappa shape index (κ2) is 8.99. The first kappa shape index (κ1) is 18.7. The molecular formula is C19H17ClFNO3. The van der Waals surface area contributed by atoms with Gasteiger partial charge < -0.3 is 10.1 Å². The summed E-state index contributed by atoms with van der Waals surface area (Å²) in [6.45, 7) is 1.68. The molecule has 2 aromatic carbocycles. The van der Waals surface area contributed by atoms with Gasteiger partial charge in [0.1, 0.15) is 5.82 Å². The number of halogens is 2. The Balaban J connectivity index is 1.85. The van der Waals surface area contributed by atoms with Crippen molar-refractivity contribution in [2.75, 3.05) is 0 Å². The molecule has 1 atom stereocenters. The van der Waals surface area contributed by atoms with Gasteiger partial charge in [-0.3, -0.25) is 4.79 Å². The monoisotopic (exact) mass is 361 g/mol. The van der Waals surface area contributed by atoms with Crippen molar-refractivity contribution in [1.82, 2.24) is 5.32 Å². The van der Waals surface area contributed by atoms with Gasteiger partial charge in [-0.1, -0.05) is 48.0 Å². The first-order valence-electron chi connectivity index (χ1n) is 7.61. The maximum absolute atomic E-state index is 13.4. The van der Waals surface area contributed by atoms with Gasteiger partial charge >= 0.3 is 5.97 Å². The number of ether oxygens (including phenoxy) is 1. The third-order valence-electron chi connectivity index (χ3n) is 3.38. The van der Waals surface area contributed by atoms with Crippen molar-refractivity contribution in [2.45, 2.75) is 19.6 Å². The van der Waals surface area contributed by atoms with Crippen LogP contribution in [0.2, 0.25) is 5.02 Å². The molecule has 2 aromatic rings. The Hall–Kier alpha value is -2.66. The lowest BCUT2D eigenvalue weighted by atomic mass is 10.2. The average molecular weight is 362 g/mol. The summed E-state index contributed by atoms with van der Waals surface area (Å²) in [5.74, 6) is -1.63. The van der Waals surface area contributed by atoms with E-state index in [0.29, 0.717) is 5.02 Å². The first-order valence-corrected chi connectivity index (χ1v) is 7.99. The zero-order valence-corrected chi connectivity index (χ0v) is 14.3. The fourth-order valence-corrected chi connectivity index (χ4v) is 2.21. The quantitative estimate of drug-likeness (QED) is 0.630. The van der Waals surface area contributed by atoms with Gasteiger partial charge in [0.05, 0.1) is 0 Å². The molecule has 0 aliphatic heterocycles. The highest BCUT2D eigenvalue weighted by Crippen LogP contribution is 2.14. The van der Waals surface area contributed by atoms with Crippen molar-refractivity contribution in [3.05, 3.63) is 76.6 Å². The summed E-state index contributed by atoms with van der Waals surface area (Å²) in [5, 5.41) is 3.19. The van der Waals surface area contributed by atoms with Gasteiger partial charge in [0.15, 0.2) is 6.10 Å². The normalized spacial score (nSPS) is 12.0. The van der Waals surface area contributed by atoms with Gasteiger partial charge in [-0.05, 0) is 30.7 Å². The van der Waals surface area contributed by atoms with Crippen LogP contribution in [0, 0.1) is 5.82 Å². The number of rotatable bonds is 6. The van der Waals surface area contributed by atoms with Crippen molar-refractivity contribution in [1.29, 1.82) is 0 Å². The number of benzene rings is 2. The zero-order chi connectivity index (χ0) is 18.2. The van der Waals surface area contributed by atoms with Gasteiger partial charge in [-0.2, -0.15) is 0 Å². The van der Waals surface area contributed by atoms with Gasteiger partial charge in [-0.25, -0.2) is 9.18 Å². The largest absolute Gasteiger partial charge is 0.449 e. The van der Waals surface area contributed by atoms with Crippen molar-refractivity contribution >= 4 is 29.6 Å². The molecule has 25 heavy (non-hydrogen) atoms. The molecule has 0 heterocycles. The Labute approximate surface area is 150 Å². The Morgan fingerprint density at radius 3 is 2.60 bits per heavy atom. The fourth-order valence-electron chi connectivity index (χ4n) is 2.00. The van der Waals surface area contributed by atoms with Crippen molar-refractivity contribution in [2.24, 2.45) is 0 Å². The van der Waals surface area contributed by atoms with Crippen LogP contribution < -0.4 is 5.32 Å². The molecule has 4 nitrogen and oxygen atoms in total. The van der Waals surface area contributed by atoms with E-state index in [1.165, 1.54) is 25.1 Å². The summed E-state index contributed by atoms with van der Waals surface area (Å²) >= 11 is 6.01. The van der Waals surface area contributed by atoms with E-state index in [-0.39, 0.29) is 12.1 Å². The molecule has 2 rings (SSSR count). The number of carbonyl (C=O) groups is 2. The molecule has 0 fully saturated rings. The molecule has 1 N–H and O–H groups in total. The van der Waals surface area contributed by atoms with Crippen LogP contribution in [0.15, 0.2) is 54.6 Å². The lowest BCUT2D eigenvalue weighted by Crippen LogP contribution is -2.35. The van der Waals surface area contributed by atoms with Crippen LogP contribution in [-0.2, 0) is 20.9 Å². The van der Waals surface area contributed by atoms with Gasteiger partial charge in [-0.15, -0.1) is 0 Å². The molecular weight excluding hydrogens is 345 g/mol. The van der Waals surface area contributed by atoms with Crippen molar-refractivity contribution in [3.63, 3.8) is 0 Å². The van der Waals surface area contributed by atoms with Crippen LogP contribution in [0.25, 0.3) is 6.08 Å². The van der Waals surface area contributed by atoms with Crippen LogP contribution in [0.4, 0.5) is 4.39 Å². The molecule has 0 saturated carbocycles. The Morgan fingerprint density at radius 1 is 1.20 bits per heavy atom. The molecule has 0 aliphatic carbocycles. The maximum Gasteiger partial charge on any atom is 0.331 e. The van der Waals surface area contributed by atoms with E-state index >= 15 is 0 Å². The number of esters is 1. The van der Waals surface area contributed by atoms with Gasteiger partial charge in [0.2, 0.25) is 0 Å². The van der Waals surface area contributed by atoms with E-state index in [0.717, 1.165) is 11.6 Å². The summed E-state index contributed by atoms with van der Waals surface area (Å²) in [7, 11) is 0. The van der Waals surface area contributed by atoms with E-state index in [9.17, 15) is 14.0 Å². The molecule has 1 amide bonds. The lowest BCUT2D eigenvalue weighted by Gasteiger charge is -2.13. The summed E-state index contributed by atoms with van der Waals surface area (Å²) in [6.07, 6.45) is 1.39. The minimum absolute atomic E-state index is 0.228. The molecule has 0 bridgehead atoms. The molecule has 0 aliphatic rings. The topological polar surface area (TPSA) is 55.4 Å². The molecule has 0 spiro atoms. The van der Waals surface area contributed by atoms with Crippen LogP contribution in [0.3, 0.4) is 0 Å². The molecule has 6 heteroatoms. The van der Waals surface area contributed by atoms with Gasteiger partial charge in [0, 0.05) is 23.2 Å². The van der Waals surface area contributed by atoms with Gasteiger partial charge in [0.25, 0.3) is 5.91 Å². The number of carbonyl (C=O) groups excluding carboxylic acids is 2. The smallest absolute Gasteiger partial charge is 0.331 e. The Bertz CT molecular complexity index is 792. The SMILES string of the molecule is CC(OC(=O)/C=C/c1ccccc1F)C(=O)NCc1ccccc1Cl. The second-order valence-corrected chi connectivity index (χ2v) is 5.65. The second-order valence-electron chi connectivity index (χ2n) is 5.24. The number of hydrogen-bond acceptors (Lipinski definition) is 3.